The molecule has 134 valence electrons. The summed E-state index contributed by atoms with van der Waals surface area (Å²) in [6.45, 7) is 0. The first-order valence-electron chi connectivity index (χ1n) is 7.39. The Kier molecular flexibility index (Phi) is 4.47. The monoisotopic (exact) mass is 363 g/mol. The van der Waals surface area contributed by atoms with Crippen LogP contribution in [0.15, 0.2) is 36.5 Å². The number of hydrogen-bond acceptors (Lipinski definition) is 6. The van der Waals surface area contributed by atoms with Crippen molar-refractivity contribution in [3.05, 3.63) is 42.1 Å². The van der Waals surface area contributed by atoms with Crippen molar-refractivity contribution in [3.63, 3.8) is 0 Å². The number of methoxy groups -OCH3 is 1. The second-order valence-corrected chi connectivity index (χ2v) is 5.54. The Morgan fingerprint density at radius 1 is 1.15 bits per heavy atom. The lowest BCUT2D eigenvalue weighted by atomic mass is 9.75. The van der Waals surface area contributed by atoms with Gasteiger partial charge in [0.15, 0.2) is 0 Å². The molecule has 10 heteroatoms. The third-order valence-corrected chi connectivity index (χ3v) is 3.94. The van der Waals surface area contributed by atoms with E-state index in [9.17, 15) is 23.2 Å². The number of aromatic nitrogens is 2. The summed E-state index contributed by atoms with van der Waals surface area (Å²) in [5, 5.41) is 27.1. The molecule has 0 saturated heterocycles. The number of benzene rings is 2. The Hall–Kier alpha value is -2.85. The standard InChI is InChI=1S/C16H13BF3N3O3/c1-26-15-6-11(16(18,19)20)12(17(24)25)5-10(15)8-2-3-9-13(21)7-22-23-14(9)4-8/h2-7,24-25H,1H3,(H2,21,23). The first kappa shape index (κ1) is 18.0. The van der Waals surface area contributed by atoms with Crippen molar-refractivity contribution in [2.45, 2.75) is 6.18 Å². The molecule has 0 amide bonds. The molecule has 4 N–H and O–H groups in total. The van der Waals surface area contributed by atoms with E-state index in [0.29, 0.717) is 22.2 Å². The van der Waals surface area contributed by atoms with Crippen LogP contribution in [0, 0.1) is 0 Å². The van der Waals surface area contributed by atoms with Crippen LogP contribution in [0.1, 0.15) is 5.56 Å². The highest BCUT2D eigenvalue weighted by atomic mass is 19.4. The number of nitrogens with two attached hydrogens (primary N) is 1. The molecule has 0 fully saturated rings. The molecule has 0 aliphatic carbocycles. The zero-order valence-corrected chi connectivity index (χ0v) is 13.4. The molecule has 0 radical (unpaired) electrons. The Morgan fingerprint density at radius 3 is 2.50 bits per heavy atom. The smallest absolute Gasteiger partial charge is 0.489 e. The van der Waals surface area contributed by atoms with Gasteiger partial charge in [0.1, 0.15) is 5.75 Å². The Balaban J connectivity index is 2.26. The summed E-state index contributed by atoms with van der Waals surface area (Å²) >= 11 is 0. The number of ether oxygens (including phenoxy) is 1. The SMILES string of the molecule is COc1cc(C(F)(F)F)c(B(O)O)cc1-c1ccc2c(N)cnnc2c1. The fourth-order valence-corrected chi connectivity index (χ4v) is 2.70. The van der Waals surface area contributed by atoms with E-state index in [0.717, 1.165) is 12.1 Å². The molecular formula is C16H13BF3N3O3. The Morgan fingerprint density at radius 2 is 1.88 bits per heavy atom. The lowest BCUT2D eigenvalue weighted by Crippen LogP contribution is -2.36. The summed E-state index contributed by atoms with van der Waals surface area (Å²) in [7, 11) is -1.07. The average molecular weight is 363 g/mol. The van der Waals surface area contributed by atoms with Gasteiger partial charge in [0.2, 0.25) is 0 Å². The van der Waals surface area contributed by atoms with Crippen LogP contribution < -0.4 is 15.9 Å². The Labute approximate surface area is 146 Å². The van der Waals surface area contributed by atoms with Crippen LogP contribution in [0.5, 0.6) is 5.75 Å². The second kappa shape index (κ2) is 6.47. The first-order chi connectivity index (χ1) is 12.2. The van der Waals surface area contributed by atoms with E-state index in [2.05, 4.69) is 10.2 Å². The number of nitrogen functional groups attached to an aromatic ring is 1. The van der Waals surface area contributed by atoms with Crippen molar-refractivity contribution < 1.29 is 28.0 Å². The number of anilines is 1. The maximum absolute atomic E-state index is 13.2. The largest absolute Gasteiger partial charge is 0.496 e. The number of fused-ring (bicyclic) bond motifs is 1. The molecule has 3 rings (SSSR count). The van der Waals surface area contributed by atoms with Crippen molar-refractivity contribution in [2.24, 2.45) is 0 Å². The zero-order valence-electron chi connectivity index (χ0n) is 13.4. The van der Waals surface area contributed by atoms with E-state index in [1.165, 1.54) is 13.3 Å². The lowest BCUT2D eigenvalue weighted by molar-refractivity contribution is -0.136. The molecule has 0 aliphatic rings. The summed E-state index contributed by atoms with van der Waals surface area (Å²) in [4.78, 5) is 0. The van der Waals surface area contributed by atoms with Crippen LogP contribution in [0.4, 0.5) is 18.9 Å². The third-order valence-electron chi connectivity index (χ3n) is 3.94. The summed E-state index contributed by atoms with van der Waals surface area (Å²) in [6, 6.07) is 6.63. The molecule has 1 aromatic heterocycles. The minimum absolute atomic E-state index is 0.0714. The average Bonchev–Trinajstić information content (AvgIpc) is 2.59. The van der Waals surface area contributed by atoms with E-state index >= 15 is 0 Å². The van der Waals surface area contributed by atoms with Gasteiger partial charge in [-0.2, -0.15) is 23.4 Å². The van der Waals surface area contributed by atoms with Gasteiger partial charge in [0, 0.05) is 10.9 Å². The van der Waals surface area contributed by atoms with Gasteiger partial charge in [0.25, 0.3) is 0 Å². The predicted molar refractivity (Wildman–Crippen MR) is 90.8 cm³/mol. The topological polar surface area (TPSA) is 101 Å². The maximum Gasteiger partial charge on any atom is 0.489 e. The molecule has 26 heavy (non-hydrogen) atoms. The minimum atomic E-state index is -4.77. The predicted octanol–water partition coefficient (Wildman–Crippen LogP) is 1.59. The molecule has 0 aliphatic heterocycles. The van der Waals surface area contributed by atoms with Gasteiger partial charge < -0.3 is 20.5 Å². The van der Waals surface area contributed by atoms with Gasteiger partial charge in [-0.3, -0.25) is 0 Å². The van der Waals surface area contributed by atoms with Crippen LogP contribution in [0.25, 0.3) is 22.0 Å². The molecule has 0 saturated carbocycles. The highest BCUT2D eigenvalue weighted by Gasteiger charge is 2.37. The van der Waals surface area contributed by atoms with Crippen molar-refractivity contribution in [2.75, 3.05) is 12.8 Å². The highest BCUT2D eigenvalue weighted by molar-refractivity contribution is 6.59. The number of halogens is 3. The van der Waals surface area contributed by atoms with Gasteiger partial charge in [-0.1, -0.05) is 12.1 Å². The summed E-state index contributed by atoms with van der Waals surface area (Å²) in [5.74, 6) is -0.0714. The minimum Gasteiger partial charge on any atom is -0.496 e. The fourth-order valence-electron chi connectivity index (χ4n) is 2.70. The lowest BCUT2D eigenvalue weighted by Gasteiger charge is -2.17. The van der Waals surface area contributed by atoms with Crippen molar-refractivity contribution in [1.82, 2.24) is 10.2 Å². The number of alkyl halides is 3. The van der Waals surface area contributed by atoms with E-state index in [4.69, 9.17) is 10.5 Å². The number of hydrogen-bond donors (Lipinski definition) is 3. The molecule has 0 atom stereocenters. The zero-order chi connectivity index (χ0) is 19.1. The van der Waals surface area contributed by atoms with Crippen LogP contribution in [-0.4, -0.2) is 34.5 Å². The van der Waals surface area contributed by atoms with Gasteiger partial charge in [0.05, 0.1) is 30.1 Å². The van der Waals surface area contributed by atoms with Crippen molar-refractivity contribution in [1.29, 1.82) is 0 Å². The second-order valence-electron chi connectivity index (χ2n) is 5.54. The molecular weight excluding hydrogens is 350 g/mol. The summed E-state index contributed by atoms with van der Waals surface area (Å²) < 4.78 is 44.7. The summed E-state index contributed by atoms with van der Waals surface area (Å²) in [5.41, 5.74) is 5.52. The molecule has 0 unspecified atom stereocenters. The van der Waals surface area contributed by atoms with Gasteiger partial charge in [-0.15, -0.1) is 0 Å². The van der Waals surface area contributed by atoms with Crippen LogP contribution in [-0.2, 0) is 6.18 Å². The third kappa shape index (κ3) is 3.16. The fraction of sp³-hybridized carbons (Fsp3) is 0.125. The van der Waals surface area contributed by atoms with E-state index < -0.39 is 24.3 Å². The molecule has 2 aromatic carbocycles. The number of rotatable bonds is 3. The van der Waals surface area contributed by atoms with Gasteiger partial charge in [-0.25, -0.2) is 0 Å². The van der Waals surface area contributed by atoms with E-state index in [1.807, 2.05) is 0 Å². The van der Waals surface area contributed by atoms with Gasteiger partial charge >= 0.3 is 13.3 Å². The normalized spacial score (nSPS) is 11.6. The molecule has 0 spiro atoms. The first-order valence-corrected chi connectivity index (χ1v) is 7.39. The molecule has 1 heterocycles. The quantitative estimate of drug-likeness (QED) is 0.611. The van der Waals surface area contributed by atoms with Crippen LogP contribution in [0.3, 0.4) is 0 Å². The molecule has 6 nitrogen and oxygen atoms in total. The van der Waals surface area contributed by atoms with Crippen molar-refractivity contribution in [3.8, 4) is 16.9 Å². The molecule has 0 bridgehead atoms. The van der Waals surface area contributed by atoms with Crippen LogP contribution >= 0.6 is 0 Å². The Bertz CT molecular complexity index is 980. The van der Waals surface area contributed by atoms with Crippen LogP contribution in [0.2, 0.25) is 0 Å². The van der Waals surface area contributed by atoms with E-state index in [-0.39, 0.29) is 11.3 Å². The van der Waals surface area contributed by atoms with Gasteiger partial charge in [-0.05, 0) is 29.2 Å². The van der Waals surface area contributed by atoms with Crippen molar-refractivity contribution >= 4 is 29.2 Å². The summed E-state index contributed by atoms with van der Waals surface area (Å²) in [6.07, 6.45) is -3.38. The van der Waals surface area contributed by atoms with E-state index in [1.54, 1.807) is 18.2 Å². The highest BCUT2D eigenvalue weighted by Crippen LogP contribution is 2.37. The number of nitrogens with zero attached hydrogens (tertiary/aromatic N) is 2. The molecule has 3 aromatic rings. The maximum atomic E-state index is 13.2.